The Balaban J connectivity index is 1.55. The largest absolute Gasteiger partial charge is 0.535 e. The van der Waals surface area contributed by atoms with Crippen molar-refractivity contribution in [2.75, 3.05) is 45.9 Å². The Hall–Kier alpha value is -1.74. The van der Waals surface area contributed by atoms with E-state index >= 15 is 0 Å². The van der Waals surface area contributed by atoms with Crippen LogP contribution in [0, 0.1) is 0 Å². The third-order valence-electron chi connectivity index (χ3n) is 5.37. The number of rotatable bonds is 7. The van der Waals surface area contributed by atoms with Crippen LogP contribution in [-0.4, -0.2) is 84.5 Å². The van der Waals surface area contributed by atoms with Crippen LogP contribution in [-0.2, 0) is 11.2 Å². The number of benzene rings is 1. The molecule has 1 atom stereocenters. The van der Waals surface area contributed by atoms with Gasteiger partial charge in [-0.2, -0.15) is 0 Å². The molecule has 0 aromatic heterocycles. The number of aliphatic hydroxyl groups excluding tert-OH is 1. The number of nitrogens with zero attached hydrogens (tertiary/aromatic N) is 2. The molecule has 0 radical (unpaired) electrons. The second-order valence-electron chi connectivity index (χ2n) is 7.41. The molecule has 2 N–H and O–H groups in total. The molecule has 3 rings (SSSR count). The Morgan fingerprint density at radius 1 is 1.22 bits per heavy atom. The van der Waals surface area contributed by atoms with Gasteiger partial charge in [0, 0.05) is 45.0 Å². The second-order valence-corrected chi connectivity index (χ2v) is 7.41. The fraction of sp³-hybridized carbons (Fsp3) is 0.579. The maximum atomic E-state index is 12.5. The summed E-state index contributed by atoms with van der Waals surface area (Å²) in [4.78, 5) is 28.5. The minimum atomic E-state index is -1.08. The highest BCUT2D eigenvalue weighted by atomic mass is 16.5. The smallest absolute Gasteiger partial charge is 0.526 e. The summed E-state index contributed by atoms with van der Waals surface area (Å²) < 4.78 is 5.61. The summed E-state index contributed by atoms with van der Waals surface area (Å²) in [5.41, 5.74) is 1.33. The van der Waals surface area contributed by atoms with Crippen molar-refractivity contribution < 1.29 is 24.4 Å². The predicted molar refractivity (Wildman–Crippen MR) is 102 cm³/mol. The number of β-amino-alcohol motifs (C(OH)–C–C–N with tert-alkyl or cyclic N) is 1. The van der Waals surface area contributed by atoms with Gasteiger partial charge in [0.15, 0.2) is 5.78 Å². The van der Waals surface area contributed by atoms with E-state index in [1.165, 1.54) is 6.92 Å². The molecule has 0 bridgehead atoms. The fourth-order valence-electron chi connectivity index (χ4n) is 3.85. The molecule has 7 nitrogen and oxygen atoms in total. The first-order valence-electron chi connectivity index (χ1n) is 9.52. The number of hydrogen-bond acceptors (Lipinski definition) is 7. The van der Waals surface area contributed by atoms with Crippen LogP contribution in [0.3, 0.4) is 0 Å². The van der Waals surface area contributed by atoms with Gasteiger partial charge < -0.3 is 14.8 Å². The molecule has 1 aromatic rings. The Morgan fingerprint density at radius 3 is 2.59 bits per heavy atom. The zero-order chi connectivity index (χ0) is 19.4. The lowest BCUT2D eigenvalue weighted by molar-refractivity contribution is -0.120. The van der Waals surface area contributed by atoms with Gasteiger partial charge in [-0.1, -0.05) is 12.1 Å². The van der Waals surface area contributed by atoms with Crippen molar-refractivity contribution >= 4 is 18.7 Å². The zero-order valence-corrected chi connectivity index (χ0v) is 15.8. The highest BCUT2D eigenvalue weighted by Gasteiger charge is 2.37. The molecule has 0 aliphatic carbocycles. The third kappa shape index (κ3) is 4.96. The maximum absolute atomic E-state index is 12.5. The van der Waals surface area contributed by atoms with Gasteiger partial charge >= 0.3 is 7.12 Å². The highest BCUT2D eigenvalue weighted by Crippen LogP contribution is 2.36. The average Bonchev–Trinajstić information content (AvgIpc) is 2.63. The predicted octanol–water partition coefficient (Wildman–Crippen LogP) is 0.244. The van der Waals surface area contributed by atoms with Crippen molar-refractivity contribution in [2.45, 2.75) is 25.6 Å². The Labute approximate surface area is 160 Å². The molecule has 2 heterocycles. The van der Waals surface area contributed by atoms with Crippen LogP contribution in [0.25, 0.3) is 0 Å². The molecule has 2 aliphatic heterocycles. The van der Waals surface area contributed by atoms with Crippen molar-refractivity contribution in [1.82, 2.24) is 9.80 Å². The van der Waals surface area contributed by atoms with Crippen LogP contribution in [0.1, 0.15) is 29.3 Å². The SMILES string of the molecule is CC(=O)c1cccc2c1OB(O)[C@@H](CC(=O)CN1CCN(CCO)CC1)C2. The van der Waals surface area contributed by atoms with Gasteiger partial charge in [0.05, 0.1) is 18.7 Å². The molecule has 1 aromatic carbocycles. The van der Waals surface area contributed by atoms with E-state index in [4.69, 9.17) is 9.76 Å². The first-order valence-corrected chi connectivity index (χ1v) is 9.52. The molecular formula is C19H27BN2O5. The van der Waals surface area contributed by atoms with Crippen molar-refractivity contribution in [3.63, 3.8) is 0 Å². The average molecular weight is 374 g/mol. The van der Waals surface area contributed by atoms with Gasteiger partial charge in [0.2, 0.25) is 0 Å². The van der Waals surface area contributed by atoms with Gasteiger partial charge in [-0.15, -0.1) is 0 Å². The molecule has 0 spiro atoms. The molecule has 27 heavy (non-hydrogen) atoms. The van der Waals surface area contributed by atoms with E-state index in [2.05, 4.69) is 9.80 Å². The number of para-hydroxylation sites is 1. The van der Waals surface area contributed by atoms with Gasteiger partial charge in [-0.05, 0) is 25.0 Å². The zero-order valence-electron chi connectivity index (χ0n) is 15.8. The maximum Gasteiger partial charge on any atom is 0.526 e. The lowest BCUT2D eigenvalue weighted by Gasteiger charge is -2.34. The highest BCUT2D eigenvalue weighted by molar-refractivity contribution is 6.47. The van der Waals surface area contributed by atoms with E-state index in [-0.39, 0.29) is 30.4 Å². The van der Waals surface area contributed by atoms with Crippen molar-refractivity contribution in [3.05, 3.63) is 29.3 Å². The van der Waals surface area contributed by atoms with E-state index in [1.807, 2.05) is 6.07 Å². The van der Waals surface area contributed by atoms with Crippen molar-refractivity contribution in [3.8, 4) is 5.75 Å². The van der Waals surface area contributed by atoms with Gasteiger partial charge in [0.25, 0.3) is 0 Å². The molecular weight excluding hydrogens is 347 g/mol. The van der Waals surface area contributed by atoms with E-state index in [0.29, 0.717) is 30.8 Å². The summed E-state index contributed by atoms with van der Waals surface area (Å²) in [5, 5.41) is 19.3. The molecule has 0 saturated carbocycles. The summed E-state index contributed by atoms with van der Waals surface area (Å²) in [6.07, 6.45) is 0.773. The lowest BCUT2D eigenvalue weighted by Crippen LogP contribution is -2.48. The quantitative estimate of drug-likeness (QED) is 0.522. The summed E-state index contributed by atoms with van der Waals surface area (Å²) in [6, 6.07) is 5.38. The first kappa shape index (κ1) is 20.0. The number of carbonyl (C=O) groups is 2. The minimum Gasteiger partial charge on any atom is -0.535 e. The van der Waals surface area contributed by atoms with Crippen LogP contribution in [0.15, 0.2) is 18.2 Å². The summed E-state index contributed by atoms with van der Waals surface area (Å²) in [5.74, 6) is 0.127. The first-order chi connectivity index (χ1) is 13.0. The molecule has 8 heteroatoms. The van der Waals surface area contributed by atoms with Crippen molar-refractivity contribution in [1.29, 1.82) is 0 Å². The second kappa shape index (κ2) is 8.97. The third-order valence-corrected chi connectivity index (χ3v) is 5.37. The number of fused-ring (bicyclic) bond motifs is 1. The number of piperazine rings is 1. The summed E-state index contributed by atoms with van der Waals surface area (Å²) in [7, 11) is -1.08. The van der Waals surface area contributed by atoms with Crippen LogP contribution in [0.2, 0.25) is 5.82 Å². The number of carbonyl (C=O) groups excluding carboxylic acids is 2. The van der Waals surface area contributed by atoms with Gasteiger partial charge in [0.1, 0.15) is 11.5 Å². The van der Waals surface area contributed by atoms with Gasteiger partial charge in [-0.3, -0.25) is 19.4 Å². The van der Waals surface area contributed by atoms with E-state index in [9.17, 15) is 14.6 Å². The standard InChI is InChI=1S/C19H27BN2O5/c1-14(24)18-4-2-3-15-11-16(20(26)27-19(15)18)12-17(25)13-22-7-5-21(6-8-22)9-10-23/h2-4,16,23,26H,5-13H2,1H3/t16-/m1/s1. The number of ketones is 2. The van der Waals surface area contributed by atoms with Gasteiger partial charge in [-0.25, -0.2) is 0 Å². The number of hydrogen-bond donors (Lipinski definition) is 2. The summed E-state index contributed by atoms with van der Waals surface area (Å²) >= 11 is 0. The Kier molecular flexibility index (Phi) is 6.65. The number of Topliss-reactive ketones (excluding diaryl/α,β-unsaturated/α-hetero) is 2. The van der Waals surface area contributed by atoms with E-state index < -0.39 is 7.12 Å². The van der Waals surface area contributed by atoms with Crippen molar-refractivity contribution in [2.24, 2.45) is 0 Å². The number of aliphatic hydroxyl groups is 1. The van der Waals surface area contributed by atoms with Crippen LogP contribution < -0.4 is 4.65 Å². The lowest BCUT2D eigenvalue weighted by atomic mass is 9.64. The molecule has 1 saturated heterocycles. The van der Waals surface area contributed by atoms with Crippen LogP contribution in [0.5, 0.6) is 5.75 Å². The normalized spacial score (nSPS) is 20.9. The topological polar surface area (TPSA) is 90.3 Å². The Morgan fingerprint density at radius 2 is 1.93 bits per heavy atom. The Bertz CT molecular complexity index is 691. The molecule has 1 fully saturated rings. The molecule has 0 amide bonds. The monoisotopic (exact) mass is 374 g/mol. The molecule has 0 unspecified atom stereocenters. The molecule has 2 aliphatic rings. The van der Waals surface area contributed by atoms with Crippen LogP contribution in [0.4, 0.5) is 0 Å². The fourth-order valence-corrected chi connectivity index (χ4v) is 3.85. The van der Waals surface area contributed by atoms with E-state index in [1.54, 1.807) is 12.1 Å². The molecule has 146 valence electrons. The van der Waals surface area contributed by atoms with E-state index in [0.717, 1.165) is 31.7 Å². The summed E-state index contributed by atoms with van der Waals surface area (Å²) in [6.45, 7) is 5.99. The minimum absolute atomic E-state index is 0.0874. The van der Waals surface area contributed by atoms with Crippen LogP contribution >= 0.6 is 0 Å².